The van der Waals surface area contributed by atoms with Crippen LogP contribution in [0.2, 0.25) is 0 Å². The first-order valence-electron chi connectivity index (χ1n) is 7.21. The van der Waals surface area contributed by atoms with Gasteiger partial charge in [-0.25, -0.2) is 4.98 Å². The summed E-state index contributed by atoms with van der Waals surface area (Å²) >= 11 is 0. The second-order valence-corrected chi connectivity index (χ2v) is 5.51. The molecule has 3 rings (SSSR count). The van der Waals surface area contributed by atoms with Gasteiger partial charge in [0.2, 0.25) is 0 Å². The highest BCUT2D eigenvalue weighted by Crippen LogP contribution is 2.37. The molecule has 1 aromatic carbocycles. The van der Waals surface area contributed by atoms with Crippen LogP contribution in [0.1, 0.15) is 31.0 Å². The molecule has 2 aromatic rings. The van der Waals surface area contributed by atoms with E-state index in [0.717, 1.165) is 12.2 Å². The molecule has 0 fully saturated rings. The molecule has 0 bridgehead atoms. The third-order valence-corrected chi connectivity index (χ3v) is 4.16. The van der Waals surface area contributed by atoms with Crippen molar-refractivity contribution >= 4 is 11.5 Å². The molecule has 0 spiro atoms. The molecule has 2 unspecified atom stereocenters. The number of nitrogens with one attached hydrogen (secondary N) is 1. The fraction of sp³-hybridized carbons (Fsp3) is 0.353. The summed E-state index contributed by atoms with van der Waals surface area (Å²) < 4.78 is 0. The van der Waals surface area contributed by atoms with Crippen LogP contribution in [0.15, 0.2) is 42.6 Å². The predicted octanol–water partition coefficient (Wildman–Crippen LogP) is 3.44. The van der Waals surface area contributed by atoms with Crippen LogP contribution in [0, 0.1) is 0 Å². The molecular weight excluding hydrogens is 246 g/mol. The normalized spacial score (nSPS) is 18.9. The van der Waals surface area contributed by atoms with Gasteiger partial charge in [0.05, 0.1) is 0 Å². The summed E-state index contributed by atoms with van der Waals surface area (Å²) in [5.74, 6) is 1.04. The highest BCUT2D eigenvalue weighted by atomic mass is 15.2. The van der Waals surface area contributed by atoms with Crippen molar-refractivity contribution in [1.82, 2.24) is 10.3 Å². The molecule has 1 aliphatic heterocycles. The molecule has 3 nitrogen and oxygen atoms in total. The standard InChI is InChI=1S/C17H21N3/c1-12-10-15-6-4-5-7-16(15)20(12)17-11-14(8-9-19-17)13(2)18-3/h4-9,11-13,18H,10H2,1-3H3. The average molecular weight is 267 g/mol. The van der Waals surface area contributed by atoms with Crippen LogP contribution in [0.25, 0.3) is 0 Å². The Morgan fingerprint density at radius 2 is 2.10 bits per heavy atom. The van der Waals surface area contributed by atoms with Crippen LogP contribution in [0.5, 0.6) is 0 Å². The number of rotatable bonds is 3. The second kappa shape index (κ2) is 5.25. The zero-order valence-corrected chi connectivity index (χ0v) is 12.3. The highest BCUT2D eigenvalue weighted by Gasteiger charge is 2.27. The molecule has 20 heavy (non-hydrogen) atoms. The van der Waals surface area contributed by atoms with Crippen molar-refractivity contribution < 1.29 is 0 Å². The van der Waals surface area contributed by atoms with Gasteiger partial charge < -0.3 is 10.2 Å². The summed E-state index contributed by atoms with van der Waals surface area (Å²) in [4.78, 5) is 6.93. The Bertz CT molecular complexity index is 609. The predicted molar refractivity (Wildman–Crippen MR) is 83.5 cm³/mol. The number of aromatic nitrogens is 1. The van der Waals surface area contributed by atoms with Crippen LogP contribution in [-0.2, 0) is 6.42 Å². The van der Waals surface area contributed by atoms with Crippen LogP contribution < -0.4 is 10.2 Å². The lowest BCUT2D eigenvalue weighted by molar-refractivity contribution is 0.650. The van der Waals surface area contributed by atoms with Crippen molar-refractivity contribution in [3.63, 3.8) is 0 Å². The van der Waals surface area contributed by atoms with E-state index < -0.39 is 0 Å². The Morgan fingerprint density at radius 3 is 2.90 bits per heavy atom. The van der Waals surface area contributed by atoms with Gasteiger partial charge in [0, 0.05) is 24.0 Å². The number of nitrogens with zero attached hydrogens (tertiary/aromatic N) is 2. The number of fused-ring (bicyclic) bond motifs is 1. The van der Waals surface area contributed by atoms with Gasteiger partial charge in [0.1, 0.15) is 5.82 Å². The number of hydrogen-bond acceptors (Lipinski definition) is 3. The first-order chi connectivity index (χ1) is 9.70. The van der Waals surface area contributed by atoms with Gasteiger partial charge in [-0.1, -0.05) is 18.2 Å². The van der Waals surface area contributed by atoms with E-state index in [1.54, 1.807) is 0 Å². The molecule has 2 atom stereocenters. The van der Waals surface area contributed by atoms with Gasteiger partial charge in [-0.3, -0.25) is 0 Å². The number of pyridine rings is 1. The first kappa shape index (κ1) is 13.1. The lowest BCUT2D eigenvalue weighted by Crippen LogP contribution is -2.25. The van der Waals surface area contributed by atoms with Crippen molar-refractivity contribution in [1.29, 1.82) is 0 Å². The lowest BCUT2D eigenvalue weighted by atomic mass is 10.1. The summed E-state index contributed by atoms with van der Waals surface area (Å²) in [6, 6.07) is 13.7. The van der Waals surface area contributed by atoms with E-state index in [1.807, 2.05) is 13.2 Å². The number of hydrogen-bond donors (Lipinski definition) is 1. The number of anilines is 2. The summed E-state index contributed by atoms with van der Waals surface area (Å²) in [6.45, 7) is 4.43. The van der Waals surface area contributed by atoms with E-state index >= 15 is 0 Å². The Hall–Kier alpha value is -1.87. The smallest absolute Gasteiger partial charge is 0.133 e. The molecule has 104 valence electrons. The van der Waals surface area contributed by atoms with Crippen molar-refractivity contribution in [3.8, 4) is 0 Å². The van der Waals surface area contributed by atoms with Crippen molar-refractivity contribution in [3.05, 3.63) is 53.7 Å². The molecule has 0 amide bonds. The molecule has 1 N–H and O–H groups in total. The molecule has 1 aromatic heterocycles. The summed E-state index contributed by atoms with van der Waals surface area (Å²) in [7, 11) is 1.98. The third-order valence-electron chi connectivity index (χ3n) is 4.16. The zero-order valence-electron chi connectivity index (χ0n) is 12.3. The largest absolute Gasteiger partial charge is 0.323 e. The highest BCUT2D eigenvalue weighted by molar-refractivity contribution is 5.69. The fourth-order valence-electron chi connectivity index (χ4n) is 2.92. The van der Waals surface area contributed by atoms with E-state index in [9.17, 15) is 0 Å². The van der Waals surface area contributed by atoms with Crippen LogP contribution >= 0.6 is 0 Å². The maximum atomic E-state index is 4.59. The molecule has 0 saturated carbocycles. The van der Waals surface area contributed by atoms with Gasteiger partial charge in [-0.2, -0.15) is 0 Å². The van der Waals surface area contributed by atoms with Gasteiger partial charge in [-0.05, 0) is 56.6 Å². The molecule has 1 aliphatic rings. The van der Waals surface area contributed by atoms with Crippen molar-refractivity contribution in [2.75, 3.05) is 11.9 Å². The average Bonchev–Trinajstić information content (AvgIpc) is 2.82. The Balaban J connectivity index is 2.01. The van der Waals surface area contributed by atoms with Crippen molar-refractivity contribution in [2.45, 2.75) is 32.4 Å². The van der Waals surface area contributed by atoms with Crippen LogP contribution in [0.3, 0.4) is 0 Å². The molecule has 2 heterocycles. The maximum Gasteiger partial charge on any atom is 0.133 e. The minimum Gasteiger partial charge on any atom is -0.323 e. The van der Waals surface area contributed by atoms with E-state index in [-0.39, 0.29) is 0 Å². The van der Waals surface area contributed by atoms with Gasteiger partial charge in [-0.15, -0.1) is 0 Å². The minimum atomic E-state index is 0.338. The monoisotopic (exact) mass is 267 g/mol. The maximum absolute atomic E-state index is 4.59. The van der Waals surface area contributed by atoms with E-state index in [4.69, 9.17) is 0 Å². The molecule has 0 saturated heterocycles. The quantitative estimate of drug-likeness (QED) is 0.923. The van der Waals surface area contributed by atoms with E-state index in [0.29, 0.717) is 12.1 Å². The molecule has 0 radical (unpaired) electrons. The Kier molecular flexibility index (Phi) is 3.45. The third kappa shape index (κ3) is 2.18. The first-order valence-corrected chi connectivity index (χ1v) is 7.21. The Morgan fingerprint density at radius 1 is 1.30 bits per heavy atom. The summed E-state index contributed by atoms with van der Waals surface area (Å²) in [5, 5.41) is 3.28. The van der Waals surface area contributed by atoms with Crippen LogP contribution in [0.4, 0.5) is 11.5 Å². The molecule has 0 aliphatic carbocycles. The van der Waals surface area contributed by atoms with Gasteiger partial charge >= 0.3 is 0 Å². The zero-order chi connectivity index (χ0) is 14.1. The topological polar surface area (TPSA) is 28.2 Å². The Labute approximate surface area is 120 Å². The number of benzene rings is 1. The van der Waals surface area contributed by atoms with Crippen LogP contribution in [-0.4, -0.2) is 18.1 Å². The minimum absolute atomic E-state index is 0.338. The molecular formula is C17H21N3. The van der Waals surface area contributed by atoms with E-state index in [2.05, 4.69) is 65.4 Å². The number of para-hydroxylation sites is 1. The second-order valence-electron chi connectivity index (χ2n) is 5.51. The van der Waals surface area contributed by atoms with Gasteiger partial charge in [0.15, 0.2) is 0 Å². The SMILES string of the molecule is CNC(C)c1ccnc(N2c3ccccc3CC2C)c1. The van der Waals surface area contributed by atoms with Crippen molar-refractivity contribution in [2.24, 2.45) is 0 Å². The van der Waals surface area contributed by atoms with Gasteiger partial charge in [0.25, 0.3) is 0 Å². The summed E-state index contributed by atoms with van der Waals surface area (Å²) in [6.07, 6.45) is 3.00. The lowest BCUT2D eigenvalue weighted by Gasteiger charge is -2.25. The summed E-state index contributed by atoms with van der Waals surface area (Å²) in [5.41, 5.74) is 3.98. The fourth-order valence-corrected chi connectivity index (χ4v) is 2.92. The molecule has 3 heteroatoms. The van der Waals surface area contributed by atoms with E-state index in [1.165, 1.54) is 16.8 Å².